The molecule has 0 aliphatic carbocycles. The number of rotatable bonds is 3. The van der Waals surface area contributed by atoms with Crippen LogP contribution in [0.3, 0.4) is 0 Å². The van der Waals surface area contributed by atoms with Crippen molar-refractivity contribution >= 4 is 10.0 Å². The molecule has 1 aromatic carbocycles. The Morgan fingerprint density at radius 2 is 1.80 bits per heavy atom. The van der Waals surface area contributed by atoms with Crippen molar-refractivity contribution < 1.29 is 8.42 Å². The van der Waals surface area contributed by atoms with Crippen LogP contribution in [0.4, 0.5) is 0 Å². The lowest BCUT2D eigenvalue weighted by atomic mass is 10.1. The molecule has 1 N–H and O–H groups in total. The standard InChI is InChI=1S/C17H16N4O3S/c22-17-14-9-11-20(25(23,24)13-6-2-1-3-7-13)12-15(14)19-21(17)16-8-4-5-10-18-16/h1-8,10,19H,9,11-12H2. The number of hydrogen-bond acceptors (Lipinski definition) is 4. The highest BCUT2D eigenvalue weighted by Gasteiger charge is 2.31. The van der Waals surface area contributed by atoms with Crippen molar-refractivity contribution in [2.24, 2.45) is 0 Å². The monoisotopic (exact) mass is 356 g/mol. The largest absolute Gasteiger partial charge is 0.292 e. The summed E-state index contributed by atoms with van der Waals surface area (Å²) in [6, 6.07) is 13.6. The molecule has 3 aromatic rings. The number of pyridine rings is 1. The first-order chi connectivity index (χ1) is 12.1. The van der Waals surface area contributed by atoms with Crippen molar-refractivity contribution in [1.82, 2.24) is 19.1 Å². The predicted molar refractivity (Wildman–Crippen MR) is 91.9 cm³/mol. The Morgan fingerprint density at radius 3 is 2.52 bits per heavy atom. The minimum absolute atomic E-state index is 0.141. The molecule has 0 unspecified atom stereocenters. The third kappa shape index (κ3) is 2.69. The van der Waals surface area contributed by atoms with E-state index in [4.69, 9.17) is 0 Å². The predicted octanol–water partition coefficient (Wildman–Crippen LogP) is 1.31. The minimum Gasteiger partial charge on any atom is -0.292 e. The van der Waals surface area contributed by atoms with Gasteiger partial charge in [-0.25, -0.2) is 18.1 Å². The van der Waals surface area contributed by atoms with Gasteiger partial charge in [0.1, 0.15) is 0 Å². The van der Waals surface area contributed by atoms with Crippen LogP contribution in [0.15, 0.2) is 64.4 Å². The molecule has 0 amide bonds. The van der Waals surface area contributed by atoms with E-state index >= 15 is 0 Å². The number of nitrogens with zero attached hydrogens (tertiary/aromatic N) is 3. The fourth-order valence-electron chi connectivity index (χ4n) is 2.99. The summed E-state index contributed by atoms with van der Waals surface area (Å²) in [5, 5.41) is 3.01. The molecule has 0 atom stereocenters. The zero-order chi connectivity index (χ0) is 17.4. The van der Waals surface area contributed by atoms with Crippen molar-refractivity contribution in [1.29, 1.82) is 0 Å². The molecule has 4 rings (SSSR count). The molecule has 0 saturated carbocycles. The van der Waals surface area contributed by atoms with Gasteiger partial charge in [-0.1, -0.05) is 24.3 Å². The molecule has 0 radical (unpaired) electrons. The second-order valence-corrected chi connectivity index (χ2v) is 7.74. The lowest BCUT2D eigenvalue weighted by molar-refractivity contribution is 0.386. The van der Waals surface area contributed by atoms with Crippen LogP contribution in [-0.4, -0.2) is 34.0 Å². The van der Waals surface area contributed by atoms with Crippen LogP contribution in [0.1, 0.15) is 11.3 Å². The maximum atomic E-state index is 12.8. The van der Waals surface area contributed by atoms with E-state index < -0.39 is 10.0 Å². The topological polar surface area (TPSA) is 88.1 Å². The number of nitrogens with one attached hydrogen (secondary N) is 1. The molecule has 3 heterocycles. The van der Waals surface area contributed by atoms with Gasteiger partial charge in [-0.2, -0.15) is 4.31 Å². The van der Waals surface area contributed by atoms with Crippen LogP contribution < -0.4 is 5.56 Å². The number of aromatic nitrogens is 3. The molecule has 25 heavy (non-hydrogen) atoms. The normalized spacial score (nSPS) is 15.0. The van der Waals surface area contributed by atoms with E-state index in [0.717, 1.165) is 0 Å². The zero-order valence-electron chi connectivity index (χ0n) is 13.3. The van der Waals surface area contributed by atoms with Gasteiger partial charge in [0.2, 0.25) is 10.0 Å². The molecular weight excluding hydrogens is 340 g/mol. The number of sulfonamides is 1. The number of benzene rings is 1. The Bertz CT molecular complexity index is 1060. The molecule has 0 spiro atoms. The molecular formula is C17H16N4O3S. The molecule has 2 aromatic heterocycles. The highest BCUT2D eigenvalue weighted by atomic mass is 32.2. The first-order valence-corrected chi connectivity index (χ1v) is 9.31. The summed E-state index contributed by atoms with van der Waals surface area (Å²) in [4.78, 5) is 17.0. The Hall–Kier alpha value is -2.71. The highest BCUT2D eigenvalue weighted by molar-refractivity contribution is 7.89. The SMILES string of the molecule is O=c1c2c([nH]n1-c1ccccn1)CN(S(=O)(=O)c1ccccc1)CC2. The number of fused-ring (bicyclic) bond motifs is 1. The first kappa shape index (κ1) is 15.8. The van der Waals surface area contributed by atoms with Gasteiger partial charge in [-0.3, -0.25) is 9.89 Å². The van der Waals surface area contributed by atoms with Gasteiger partial charge in [0.15, 0.2) is 5.82 Å². The molecule has 8 heteroatoms. The molecule has 128 valence electrons. The molecule has 7 nitrogen and oxygen atoms in total. The van der Waals surface area contributed by atoms with Gasteiger partial charge < -0.3 is 0 Å². The van der Waals surface area contributed by atoms with Gasteiger partial charge in [-0.05, 0) is 30.7 Å². The average Bonchev–Trinajstić information content (AvgIpc) is 2.99. The quantitative estimate of drug-likeness (QED) is 0.766. The lowest BCUT2D eigenvalue weighted by Crippen LogP contribution is -2.37. The summed E-state index contributed by atoms with van der Waals surface area (Å²) in [7, 11) is -3.59. The Kier molecular flexibility index (Phi) is 3.78. The Labute approximate surface area is 144 Å². The Morgan fingerprint density at radius 1 is 1.04 bits per heavy atom. The maximum Gasteiger partial charge on any atom is 0.276 e. The Balaban J connectivity index is 1.70. The van der Waals surface area contributed by atoms with Crippen molar-refractivity contribution in [3.05, 3.63) is 76.3 Å². The number of H-pyrrole nitrogens is 1. The number of aromatic amines is 1. The molecule has 1 aliphatic rings. The molecule has 0 saturated heterocycles. The van der Waals surface area contributed by atoms with Gasteiger partial charge in [0, 0.05) is 18.3 Å². The second kappa shape index (κ2) is 5.98. The van der Waals surface area contributed by atoms with Crippen LogP contribution >= 0.6 is 0 Å². The minimum atomic E-state index is -3.59. The van der Waals surface area contributed by atoms with Crippen molar-refractivity contribution in [3.8, 4) is 5.82 Å². The molecule has 1 aliphatic heterocycles. The maximum absolute atomic E-state index is 12.8. The third-order valence-corrected chi connectivity index (χ3v) is 6.14. The summed E-state index contributed by atoms with van der Waals surface area (Å²) >= 11 is 0. The van der Waals surface area contributed by atoms with Crippen LogP contribution in [0.2, 0.25) is 0 Å². The van der Waals surface area contributed by atoms with Gasteiger partial charge in [0.25, 0.3) is 5.56 Å². The van der Waals surface area contributed by atoms with Crippen molar-refractivity contribution in [2.75, 3.05) is 6.54 Å². The van der Waals surface area contributed by atoms with E-state index in [1.807, 2.05) is 0 Å². The van der Waals surface area contributed by atoms with Crippen LogP contribution in [0, 0.1) is 0 Å². The van der Waals surface area contributed by atoms with E-state index in [-0.39, 0.29) is 23.5 Å². The molecule has 0 fully saturated rings. The van der Waals surface area contributed by atoms with Crippen molar-refractivity contribution in [2.45, 2.75) is 17.9 Å². The summed E-state index contributed by atoms with van der Waals surface area (Å²) in [5.74, 6) is 0.486. The van der Waals surface area contributed by atoms with Crippen LogP contribution in [0.5, 0.6) is 0 Å². The second-order valence-electron chi connectivity index (χ2n) is 5.80. The van der Waals surface area contributed by atoms with Gasteiger partial charge in [0.05, 0.1) is 17.1 Å². The third-order valence-electron chi connectivity index (χ3n) is 4.28. The van der Waals surface area contributed by atoms with Crippen LogP contribution in [-0.2, 0) is 23.0 Å². The van der Waals surface area contributed by atoms with E-state index in [2.05, 4.69) is 10.1 Å². The summed E-state index contributed by atoms with van der Waals surface area (Å²) < 4.78 is 28.3. The summed E-state index contributed by atoms with van der Waals surface area (Å²) in [6.07, 6.45) is 1.98. The van der Waals surface area contributed by atoms with E-state index in [0.29, 0.717) is 23.5 Å². The van der Waals surface area contributed by atoms with Gasteiger partial charge >= 0.3 is 0 Å². The average molecular weight is 356 g/mol. The lowest BCUT2D eigenvalue weighted by Gasteiger charge is -2.25. The summed E-state index contributed by atoms with van der Waals surface area (Å²) in [5.41, 5.74) is 1.05. The summed E-state index contributed by atoms with van der Waals surface area (Å²) in [6.45, 7) is 0.418. The first-order valence-electron chi connectivity index (χ1n) is 7.87. The number of hydrogen-bond donors (Lipinski definition) is 1. The highest BCUT2D eigenvalue weighted by Crippen LogP contribution is 2.22. The van der Waals surface area contributed by atoms with E-state index in [1.165, 1.54) is 8.99 Å². The van der Waals surface area contributed by atoms with E-state index in [9.17, 15) is 13.2 Å². The van der Waals surface area contributed by atoms with Crippen molar-refractivity contribution in [3.63, 3.8) is 0 Å². The van der Waals surface area contributed by atoms with Crippen LogP contribution in [0.25, 0.3) is 5.82 Å². The fraction of sp³-hybridized carbons (Fsp3) is 0.176. The smallest absolute Gasteiger partial charge is 0.276 e. The fourth-order valence-corrected chi connectivity index (χ4v) is 4.42. The van der Waals surface area contributed by atoms with Gasteiger partial charge in [-0.15, -0.1) is 0 Å². The zero-order valence-corrected chi connectivity index (χ0v) is 14.1. The van der Waals surface area contributed by atoms with E-state index in [1.54, 1.807) is 54.7 Å². The molecule has 0 bridgehead atoms.